The van der Waals surface area contributed by atoms with Crippen molar-refractivity contribution in [3.63, 3.8) is 0 Å². The standard InChI is InChI=1S/C22H25Cl3N2O2S/c1-14(2)26-22(29)15(3)27(11-17-6-9-19(24)20(25)10-17)21(28)13-30-12-16-4-7-18(23)8-5-16/h4-10,14-15H,11-13H2,1-3H3,(H,26,29)/t15-/m1/s1. The number of carbonyl (C=O) groups excluding carboxylic acids is 2. The molecule has 0 heterocycles. The summed E-state index contributed by atoms with van der Waals surface area (Å²) in [5.74, 6) is 0.617. The van der Waals surface area contributed by atoms with Crippen molar-refractivity contribution in [2.75, 3.05) is 5.75 Å². The first-order chi connectivity index (χ1) is 14.2. The molecule has 30 heavy (non-hydrogen) atoms. The fourth-order valence-corrected chi connectivity index (χ4v) is 4.06. The highest BCUT2D eigenvalue weighted by Gasteiger charge is 2.26. The first-order valence-electron chi connectivity index (χ1n) is 9.53. The summed E-state index contributed by atoms with van der Waals surface area (Å²) in [4.78, 5) is 27.2. The molecule has 0 bridgehead atoms. The monoisotopic (exact) mass is 486 g/mol. The van der Waals surface area contributed by atoms with E-state index in [1.807, 2.05) is 44.2 Å². The van der Waals surface area contributed by atoms with Gasteiger partial charge < -0.3 is 10.2 Å². The molecule has 0 unspecified atom stereocenters. The Morgan fingerprint density at radius 1 is 0.967 bits per heavy atom. The van der Waals surface area contributed by atoms with Gasteiger partial charge in [-0.15, -0.1) is 11.8 Å². The quantitative estimate of drug-likeness (QED) is 0.485. The van der Waals surface area contributed by atoms with Gasteiger partial charge in [-0.2, -0.15) is 0 Å². The molecule has 2 amide bonds. The summed E-state index contributed by atoms with van der Waals surface area (Å²) in [7, 11) is 0. The predicted octanol–water partition coefficient (Wildman–Crippen LogP) is 5.82. The van der Waals surface area contributed by atoms with E-state index in [9.17, 15) is 9.59 Å². The predicted molar refractivity (Wildman–Crippen MR) is 127 cm³/mol. The zero-order valence-corrected chi connectivity index (χ0v) is 20.2. The zero-order valence-electron chi connectivity index (χ0n) is 17.1. The molecule has 0 aliphatic carbocycles. The number of nitrogens with zero attached hydrogens (tertiary/aromatic N) is 1. The third-order valence-electron chi connectivity index (χ3n) is 4.34. The summed E-state index contributed by atoms with van der Waals surface area (Å²) in [6, 6.07) is 12.1. The summed E-state index contributed by atoms with van der Waals surface area (Å²) in [6.07, 6.45) is 0. The number of hydrogen-bond donors (Lipinski definition) is 1. The van der Waals surface area contributed by atoms with Gasteiger partial charge in [0.2, 0.25) is 11.8 Å². The Morgan fingerprint density at radius 2 is 1.60 bits per heavy atom. The molecule has 2 aromatic carbocycles. The Kier molecular flexibility index (Phi) is 9.82. The van der Waals surface area contributed by atoms with Crippen molar-refractivity contribution >= 4 is 58.4 Å². The fourth-order valence-electron chi connectivity index (χ4n) is 2.74. The van der Waals surface area contributed by atoms with Crippen molar-refractivity contribution < 1.29 is 9.59 Å². The van der Waals surface area contributed by atoms with Crippen LogP contribution in [0.3, 0.4) is 0 Å². The molecular formula is C22H25Cl3N2O2S. The average Bonchev–Trinajstić information content (AvgIpc) is 2.69. The first-order valence-corrected chi connectivity index (χ1v) is 11.8. The minimum Gasteiger partial charge on any atom is -0.352 e. The van der Waals surface area contributed by atoms with E-state index in [4.69, 9.17) is 34.8 Å². The lowest BCUT2D eigenvalue weighted by Gasteiger charge is -2.29. The van der Waals surface area contributed by atoms with Crippen LogP contribution in [0, 0.1) is 0 Å². The second-order valence-corrected chi connectivity index (χ2v) is 9.47. The van der Waals surface area contributed by atoms with Gasteiger partial charge in [-0.3, -0.25) is 9.59 Å². The van der Waals surface area contributed by atoms with Gasteiger partial charge in [-0.05, 0) is 56.2 Å². The third-order valence-corrected chi connectivity index (χ3v) is 6.32. The largest absolute Gasteiger partial charge is 0.352 e. The second kappa shape index (κ2) is 11.8. The van der Waals surface area contributed by atoms with Crippen LogP contribution in [0.1, 0.15) is 31.9 Å². The molecule has 0 aliphatic heterocycles. The van der Waals surface area contributed by atoms with E-state index in [1.165, 1.54) is 11.8 Å². The van der Waals surface area contributed by atoms with Crippen LogP contribution < -0.4 is 5.32 Å². The smallest absolute Gasteiger partial charge is 0.242 e. The van der Waals surface area contributed by atoms with E-state index in [0.717, 1.165) is 11.1 Å². The average molecular weight is 488 g/mol. The number of hydrogen-bond acceptors (Lipinski definition) is 3. The highest BCUT2D eigenvalue weighted by Crippen LogP contribution is 2.24. The van der Waals surface area contributed by atoms with Gasteiger partial charge in [0.25, 0.3) is 0 Å². The molecule has 0 saturated carbocycles. The third kappa shape index (κ3) is 7.69. The molecule has 0 aliphatic rings. The van der Waals surface area contributed by atoms with Gasteiger partial charge in [-0.1, -0.05) is 53.0 Å². The van der Waals surface area contributed by atoms with Crippen molar-refractivity contribution in [2.45, 2.75) is 45.2 Å². The molecule has 4 nitrogen and oxygen atoms in total. The fraction of sp³-hybridized carbons (Fsp3) is 0.364. The Bertz CT molecular complexity index is 875. The summed E-state index contributed by atoms with van der Waals surface area (Å²) < 4.78 is 0. The van der Waals surface area contributed by atoms with E-state index in [0.29, 0.717) is 20.8 Å². The molecule has 0 saturated heterocycles. The maximum atomic E-state index is 13.0. The van der Waals surface area contributed by atoms with Crippen molar-refractivity contribution in [1.29, 1.82) is 0 Å². The van der Waals surface area contributed by atoms with Crippen LogP contribution in [-0.4, -0.2) is 34.6 Å². The molecule has 2 rings (SSSR count). The molecular weight excluding hydrogens is 463 g/mol. The number of nitrogens with one attached hydrogen (secondary N) is 1. The summed E-state index contributed by atoms with van der Waals surface area (Å²) in [5, 5.41) is 4.41. The van der Waals surface area contributed by atoms with Gasteiger partial charge in [0.15, 0.2) is 0 Å². The minimum atomic E-state index is -0.620. The van der Waals surface area contributed by atoms with Gasteiger partial charge in [0.05, 0.1) is 15.8 Å². The van der Waals surface area contributed by atoms with Gasteiger partial charge in [0.1, 0.15) is 6.04 Å². The Hall–Kier alpha value is -1.40. The molecule has 1 N–H and O–H groups in total. The molecule has 0 aromatic heterocycles. The van der Waals surface area contributed by atoms with Crippen LogP contribution in [0.4, 0.5) is 0 Å². The highest BCUT2D eigenvalue weighted by molar-refractivity contribution is 7.99. The van der Waals surface area contributed by atoms with E-state index in [2.05, 4.69) is 5.32 Å². The molecule has 0 radical (unpaired) electrons. The molecule has 8 heteroatoms. The van der Waals surface area contributed by atoms with Crippen molar-refractivity contribution in [3.8, 4) is 0 Å². The van der Waals surface area contributed by atoms with E-state index >= 15 is 0 Å². The van der Waals surface area contributed by atoms with Crippen molar-refractivity contribution in [2.24, 2.45) is 0 Å². The number of rotatable bonds is 9. The summed E-state index contributed by atoms with van der Waals surface area (Å²) in [6.45, 7) is 5.77. The maximum absolute atomic E-state index is 13.0. The number of halogens is 3. The number of benzene rings is 2. The van der Waals surface area contributed by atoms with Crippen molar-refractivity contribution in [1.82, 2.24) is 10.2 Å². The highest BCUT2D eigenvalue weighted by atomic mass is 35.5. The Balaban J connectivity index is 2.09. The van der Waals surface area contributed by atoms with Crippen molar-refractivity contribution in [3.05, 3.63) is 68.7 Å². The normalized spacial score (nSPS) is 12.0. The van der Waals surface area contributed by atoms with Gasteiger partial charge >= 0.3 is 0 Å². The topological polar surface area (TPSA) is 49.4 Å². The molecule has 1 atom stereocenters. The molecule has 2 aromatic rings. The maximum Gasteiger partial charge on any atom is 0.242 e. The second-order valence-electron chi connectivity index (χ2n) is 7.23. The van der Waals surface area contributed by atoms with Gasteiger partial charge in [-0.25, -0.2) is 0 Å². The lowest BCUT2D eigenvalue weighted by atomic mass is 10.1. The summed E-state index contributed by atoms with van der Waals surface area (Å²) in [5.41, 5.74) is 1.89. The Morgan fingerprint density at radius 3 is 2.20 bits per heavy atom. The molecule has 162 valence electrons. The van der Waals surface area contributed by atoms with Crippen LogP contribution >= 0.6 is 46.6 Å². The van der Waals surface area contributed by atoms with E-state index < -0.39 is 6.04 Å². The summed E-state index contributed by atoms with van der Waals surface area (Å²) >= 11 is 19.5. The number of thioether (sulfide) groups is 1. The minimum absolute atomic E-state index is 0.0128. The first kappa shape index (κ1) is 24.9. The Labute approximate surface area is 197 Å². The molecule has 0 fully saturated rings. The lowest BCUT2D eigenvalue weighted by Crippen LogP contribution is -2.49. The van der Waals surface area contributed by atoms with Crippen LogP contribution in [0.2, 0.25) is 15.1 Å². The zero-order chi connectivity index (χ0) is 22.3. The number of amides is 2. The van der Waals surface area contributed by atoms with Gasteiger partial charge in [0, 0.05) is 23.4 Å². The van der Waals surface area contributed by atoms with Crippen LogP contribution in [-0.2, 0) is 21.9 Å². The molecule has 0 spiro atoms. The van der Waals surface area contributed by atoms with E-state index in [-0.39, 0.29) is 30.2 Å². The van der Waals surface area contributed by atoms with Crippen LogP contribution in [0.25, 0.3) is 0 Å². The lowest BCUT2D eigenvalue weighted by molar-refractivity contribution is -0.138. The van der Waals surface area contributed by atoms with Crippen LogP contribution in [0.15, 0.2) is 42.5 Å². The van der Waals surface area contributed by atoms with E-state index in [1.54, 1.807) is 24.0 Å². The SMILES string of the molecule is CC(C)NC(=O)[C@@H](C)N(Cc1ccc(Cl)c(Cl)c1)C(=O)CSCc1ccc(Cl)cc1. The number of carbonyl (C=O) groups is 2. The van der Waals surface area contributed by atoms with Crippen LogP contribution in [0.5, 0.6) is 0 Å².